The number of nitrogen functional groups attached to an aromatic ring is 1. The Kier molecular flexibility index (Phi) is 3.86. The molecule has 22 heavy (non-hydrogen) atoms. The summed E-state index contributed by atoms with van der Waals surface area (Å²) in [5, 5.41) is 3.18. The van der Waals surface area contributed by atoms with Crippen LogP contribution in [-0.2, 0) is 13.1 Å². The summed E-state index contributed by atoms with van der Waals surface area (Å²) >= 11 is 0. The Morgan fingerprint density at radius 3 is 2.91 bits per heavy atom. The van der Waals surface area contributed by atoms with Crippen LogP contribution >= 0.6 is 0 Å². The molecule has 0 fully saturated rings. The van der Waals surface area contributed by atoms with Crippen LogP contribution in [0.2, 0.25) is 0 Å². The summed E-state index contributed by atoms with van der Waals surface area (Å²) in [6, 6.07) is 3.89. The minimum absolute atomic E-state index is 0.390. The standard InChI is InChI=1S/C15H19N7/c1-10(2)8-22-9-19-12-13(16)20-15(21-14(12)22)18-7-11-4-3-5-17-6-11/h3-6,9-10H,7-8H2,1-2H3,(H3,16,18,20,21). The molecule has 7 nitrogen and oxygen atoms in total. The minimum Gasteiger partial charge on any atom is -0.382 e. The molecule has 0 aliphatic rings. The molecule has 0 spiro atoms. The van der Waals surface area contributed by atoms with E-state index < -0.39 is 0 Å². The summed E-state index contributed by atoms with van der Waals surface area (Å²) in [5.41, 5.74) is 8.45. The Labute approximate surface area is 128 Å². The molecule has 0 aromatic carbocycles. The minimum atomic E-state index is 0.390. The molecule has 7 heteroatoms. The molecule has 3 N–H and O–H groups in total. The van der Waals surface area contributed by atoms with Gasteiger partial charge in [0.05, 0.1) is 6.33 Å². The summed E-state index contributed by atoms with van der Waals surface area (Å²) < 4.78 is 2.01. The Bertz CT molecular complexity index is 764. The molecule has 0 aliphatic heterocycles. The average molecular weight is 297 g/mol. The Morgan fingerprint density at radius 2 is 2.18 bits per heavy atom. The van der Waals surface area contributed by atoms with Gasteiger partial charge < -0.3 is 15.6 Å². The molecule has 0 saturated heterocycles. The zero-order valence-electron chi connectivity index (χ0n) is 12.7. The number of anilines is 2. The fourth-order valence-electron chi connectivity index (χ4n) is 2.26. The maximum Gasteiger partial charge on any atom is 0.227 e. The lowest BCUT2D eigenvalue weighted by Gasteiger charge is -2.09. The van der Waals surface area contributed by atoms with Gasteiger partial charge in [0.2, 0.25) is 5.95 Å². The molecule has 0 unspecified atom stereocenters. The van der Waals surface area contributed by atoms with E-state index in [1.54, 1.807) is 18.7 Å². The highest BCUT2D eigenvalue weighted by molar-refractivity contribution is 5.82. The van der Waals surface area contributed by atoms with Crippen molar-refractivity contribution in [3.63, 3.8) is 0 Å². The number of imidazole rings is 1. The Balaban J connectivity index is 1.87. The predicted octanol–water partition coefficient (Wildman–Crippen LogP) is 2.07. The molecular formula is C15H19N7. The second-order valence-corrected chi connectivity index (χ2v) is 5.61. The van der Waals surface area contributed by atoms with Crippen LogP contribution < -0.4 is 11.1 Å². The highest BCUT2D eigenvalue weighted by atomic mass is 15.2. The van der Waals surface area contributed by atoms with Crippen LogP contribution in [0.5, 0.6) is 0 Å². The van der Waals surface area contributed by atoms with E-state index in [1.165, 1.54) is 0 Å². The quantitative estimate of drug-likeness (QED) is 0.748. The molecule has 0 aliphatic carbocycles. The van der Waals surface area contributed by atoms with Crippen LogP contribution in [0.3, 0.4) is 0 Å². The van der Waals surface area contributed by atoms with Crippen molar-refractivity contribution in [3.8, 4) is 0 Å². The first-order valence-corrected chi connectivity index (χ1v) is 7.24. The number of nitrogens with zero attached hydrogens (tertiary/aromatic N) is 5. The number of nitrogens with two attached hydrogens (primary N) is 1. The number of fused-ring (bicyclic) bond motifs is 1. The monoisotopic (exact) mass is 297 g/mol. The van der Waals surface area contributed by atoms with Crippen LogP contribution in [0.15, 0.2) is 30.9 Å². The normalized spacial score (nSPS) is 11.2. The lowest BCUT2D eigenvalue weighted by atomic mass is 10.2. The van der Waals surface area contributed by atoms with Gasteiger partial charge in [0, 0.05) is 25.5 Å². The van der Waals surface area contributed by atoms with Gasteiger partial charge in [-0.1, -0.05) is 19.9 Å². The highest BCUT2D eigenvalue weighted by Gasteiger charge is 2.12. The molecular weight excluding hydrogens is 278 g/mol. The molecule has 0 bridgehead atoms. The number of rotatable bonds is 5. The van der Waals surface area contributed by atoms with Crippen LogP contribution in [0.25, 0.3) is 11.2 Å². The van der Waals surface area contributed by atoms with E-state index in [0.717, 1.165) is 17.8 Å². The van der Waals surface area contributed by atoms with Gasteiger partial charge >= 0.3 is 0 Å². The zero-order valence-corrected chi connectivity index (χ0v) is 12.7. The van der Waals surface area contributed by atoms with Gasteiger partial charge in [-0.05, 0) is 17.5 Å². The number of pyridine rings is 1. The van der Waals surface area contributed by atoms with Gasteiger partial charge in [-0.2, -0.15) is 9.97 Å². The molecule has 3 aromatic heterocycles. The van der Waals surface area contributed by atoms with E-state index in [4.69, 9.17) is 5.73 Å². The van der Waals surface area contributed by atoms with Gasteiger partial charge in [0.1, 0.15) is 5.52 Å². The van der Waals surface area contributed by atoms with Crippen molar-refractivity contribution in [2.24, 2.45) is 5.92 Å². The van der Waals surface area contributed by atoms with Crippen LogP contribution in [-0.4, -0.2) is 24.5 Å². The van der Waals surface area contributed by atoms with E-state index in [-0.39, 0.29) is 0 Å². The smallest absolute Gasteiger partial charge is 0.227 e. The molecule has 0 atom stereocenters. The first-order chi connectivity index (χ1) is 10.6. The largest absolute Gasteiger partial charge is 0.382 e. The Morgan fingerprint density at radius 1 is 1.32 bits per heavy atom. The van der Waals surface area contributed by atoms with Gasteiger partial charge in [0.15, 0.2) is 11.5 Å². The van der Waals surface area contributed by atoms with Crippen molar-refractivity contribution in [1.82, 2.24) is 24.5 Å². The average Bonchev–Trinajstić information content (AvgIpc) is 2.89. The van der Waals surface area contributed by atoms with E-state index in [0.29, 0.717) is 29.7 Å². The van der Waals surface area contributed by atoms with Crippen molar-refractivity contribution in [2.45, 2.75) is 26.9 Å². The van der Waals surface area contributed by atoms with E-state index >= 15 is 0 Å². The topological polar surface area (TPSA) is 94.5 Å². The van der Waals surface area contributed by atoms with Crippen LogP contribution in [0.1, 0.15) is 19.4 Å². The molecule has 3 aromatic rings. The third-order valence-electron chi connectivity index (χ3n) is 3.23. The molecule has 0 amide bonds. The van der Waals surface area contributed by atoms with Crippen molar-refractivity contribution in [1.29, 1.82) is 0 Å². The lowest BCUT2D eigenvalue weighted by molar-refractivity contribution is 0.530. The fraction of sp³-hybridized carbons (Fsp3) is 0.333. The fourth-order valence-corrected chi connectivity index (χ4v) is 2.26. The number of aromatic nitrogens is 5. The van der Waals surface area contributed by atoms with Crippen LogP contribution in [0.4, 0.5) is 11.8 Å². The van der Waals surface area contributed by atoms with E-state index in [2.05, 4.69) is 39.1 Å². The summed E-state index contributed by atoms with van der Waals surface area (Å²) in [4.78, 5) is 17.2. The highest BCUT2D eigenvalue weighted by Crippen LogP contribution is 2.19. The van der Waals surface area contributed by atoms with Gasteiger partial charge in [-0.25, -0.2) is 4.98 Å². The molecule has 114 valence electrons. The third-order valence-corrected chi connectivity index (χ3v) is 3.23. The summed E-state index contributed by atoms with van der Waals surface area (Å²) in [5.74, 6) is 1.39. The SMILES string of the molecule is CC(C)Cn1cnc2c(N)nc(NCc3cccnc3)nc21. The van der Waals surface area contributed by atoms with Gasteiger partial charge in [-0.15, -0.1) is 0 Å². The van der Waals surface area contributed by atoms with E-state index in [9.17, 15) is 0 Å². The second kappa shape index (κ2) is 5.97. The number of nitrogens with one attached hydrogen (secondary N) is 1. The van der Waals surface area contributed by atoms with Crippen molar-refractivity contribution in [2.75, 3.05) is 11.1 Å². The third kappa shape index (κ3) is 2.98. The van der Waals surface area contributed by atoms with Crippen LogP contribution in [0, 0.1) is 5.92 Å². The Hall–Kier alpha value is -2.70. The summed E-state index contributed by atoms with van der Waals surface area (Å²) in [7, 11) is 0. The first-order valence-electron chi connectivity index (χ1n) is 7.24. The van der Waals surface area contributed by atoms with E-state index in [1.807, 2.05) is 16.7 Å². The maximum atomic E-state index is 5.99. The molecule has 0 radical (unpaired) electrons. The zero-order chi connectivity index (χ0) is 15.5. The molecule has 3 rings (SSSR count). The molecule has 3 heterocycles. The maximum absolute atomic E-state index is 5.99. The second-order valence-electron chi connectivity index (χ2n) is 5.61. The van der Waals surface area contributed by atoms with Crippen molar-refractivity contribution in [3.05, 3.63) is 36.4 Å². The molecule has 0 saturated carbocycles. The first kappa shape index (κ1) is 14.2. The number of hydrogen-bond donors (Lipinski definition) is 2. The van der Waals surface area contributed by atoms with Crippen molar-refractivity contribution >= 4 is 22.9 Å². The predicted molar refractivity (Wildman–Crippen MR) is 86.1 cm³/mol. The summed E-state index contributed by atoms with van der Waals surface area (Å²) in [6.07, 6.45) is 5.31. The lowest BCUT2D eigenvalue weighted by Crippen LogP contribution is -2.08. The van der Waals surface area contributed by atoms with Gasteiger partial charge in [-0.3, -0.25) is 4.98 Å². The number of hydrogen-bond acceptors (Lipinski definition) is 6. The summed E-state index contributed by atoms with van der Waals surface area (Å²) in [6.45, 7) is 5.74. The van der Waals surface area contributed by atoms with Crippen molar-refractivity contribution < 1.29 is 0 Å². The van der Waals surface area contributed by atoms with Gasteiger partial charge in [0.25, 0.3) is 0 Å².